The van der Waals surface area contributed by atoms with Gasteiger partial charge >= 0.3 is 6.01 Å². The molecule has 0 bridgehead atoms. The predicted octanol–water partition coefficient (Wildman–Crippen LogP) is 2.33. The molecule has 1 saturated heterocycles. The van der Waals surface area contributed by atoms with Crippen molar-refractivity contribution in [3.05, 3.63) is 35.9 Å². The summed E-state index contributed by atoms with van der Waals surface area (Å²) < 4.78 is 27.0. The van der Waals surface area contributed by atoms with E-state index in [1.807, 2.05) is 18.2 Å². The fourth-order valence-corrected chi connectivity index (χ4v) is 2.04. The molecule has 7 heteroatoms. The number of benzene rings is 1. The van der Waals surface area contributed by atoms with Gasteiger partial charge in [-0.15, -0.1) is 0 Å². The maximum Gasteiger partial charge on any atom is 0.328 e. The summed E-state index contributed by atoms with van der Waals surface area (Å²) in [6.07, 6.45) is -0.441. The van der Waals surface area contributed by atoms with E-state index in [4.69, 9.17) is 23.7 Å². The Hall–Kier alpha value is -2.38. The van der Waals surface area contributed by atoms with Crippen molar-refractivity contribution in [1.29, 1.82) is 0 Å². The zero-order valence-electron chi connectivity index (χ0n) is 12.3. The van der Waals surface area contributed by atoms with Crippen LogP contribution in [0.1, 0.15) is 11.9 Å². The van der Waals surface area contributed by atoms with Gasteiger partial charge in [-0.1, -0.05) is 18.2 Å². The van der Waals surface area contributed by atoms with Crippen LogP contribution in [-0.2, 0) is 9.47 Å². The van der Waals surface area contributed by atoms with E-state index in [-0.39, 0.29) is 6.01 Å². The van der Waals surface area contributed by atoms with Gasteiger partial charge in [-0.25, -0.2) is 0 Å². The molecule has 0 atom stereocenters. The summed E-state index contributed by atoms with van der Waals surface area (Å²) in [6, 6.07) is 9.12. The van der Waals surface area contributed by atoms with Crippen molar-refractivity contribution < 1.29 is 23.7 Å². The average molecular weight is 304 g/mol. The number of aromatic nitrogens is 2. The van der Waals surface area contributed by atoms with Gasteiger partial charge in [0.2, 0.25) is 11.8 Å². The van der Waals surface area contributed by atoms with Crippen LogP contribution < -0.4 is 14.2 Å². The lowest BCUT2D eigenvalue weighted by atomic mass is 10.2. The third kappa shape index (κ3) is 3.10. The van der Waals surface area contributed by atoms with E-state index in [1.165, 1.54) is 14.2 Å². The van der Waals surface area contributed by atoms with E-state index >= 15 is 0 Å². The summed E-state index contributed by atoms with van der Waals surface area (Å²) in [6.45, 7) is 1.12. The number of methoxy groups -OCH3 is 2. The highest BCUT2D eigenvalue weighted by Gasteiger charge is 2.22. The van der Waals surface area contributed by atoms with Crippen LogP contribution in [0.4, 0.5) is 0 Å². The molecule has 0 saturated carbocycles. The Kier molecular flexibility index (Phi) is 4.36. The van der Waals surface area contributed by atoms with Crippen molar-refractivity contribution in [3.8, 4) is 23.5 Å². The zero-order chi connectivity index (χ0) is 15.4. The van der Waals surface area contributed by atoms with E-state index in [9.17, 15) is 0 Å². The Morgan fingerprint density at radius 2 is 1.64 bits per heavy atom. The van der Waals surface area contributed by atoms with Gasteiger partial charge in [-0.05, 0) is 6.07 Å². The Balaban J connectivity index is 1.89. The molecule has 2 heterocycles. The summed E-state index contributed by atoms with van der Waals surface area (Å²) in [7, 11) is 3.03. The summed E-state index contributed by atoms with van der Waals surface area (Å²) >= 11 is 0. The molecule has 0 amide bonds. The minimum atomic E-state index is -0.441. The number of hydrogen-bond acceptors (Lipinski definition) is 7. The third-order valence-electron chi connectivity index (χ3n) is 3.07. The first kappa shape index (κ1) is 14.6. The highest BCUT2D eigenvalue weighted by molar-refractivity contribution is 5.37. The molecule has 7 nitrogen and oxygen atoms in total. The first-order valence-electron chi connectivity index (χ1n) is 6.77. The van der Waals surface area contributed by atoms with Gasteiger partial charge in [0.25, 0.3) is 0 Å². The second kappa shape index (κ2) is 6.59. The van der Waals surface area contributed by atoms with Crippen molar-refractivity contribution in [1.82, 2.24) is 9.97 Å². The van der Waals surface area contributed by atoms with Crippen molar-refractivity contribution in [3.63, 3.8) is 0 Å². The van der Waals surface area contributed by atoms with Gasteiger partial charge in [0.05, 0.1) is 39.1 Å². The van der Waals surface area contributed by atoms with Gasteiger partial charge in [0.1, 0.15) is 5.75 Å². The van der Waals surface area contributed by atoms with Crippen molar-refractivity contribution in [2.24, 2.45) is 0 Å². The van der Waals surface area contributed by atoms with Crippen LogP contribution in [-0.4, -0.2) is 37.4 Å². The van der Waals surface area contributed by atoms with Gasteiger partial charge in [0.15, 0.2) is 6.29 Å². The van der Waals surface area contributed by atoms with Crippen LogP contribution in [0.3, 0.4) is 0 Å². The van der Waals surface area contributed by atoms with Crippen LogP contribution in [0.25, 0.3) is 0 Å². The second-order valence-corrected chi connectivity index (χ2v) is 4.45. The van der Waals surface area contributed by atoms with Crippen LogP contribution in [0.5, 0.6) is 23.5 Å². The topological polar surface area (TPSA) is 71.9 Å². The van der Waals surface area contributed by atoms with Crippen molar-refractivity contribution in [2.75, 3.05) is 27.4 Å². The maximum absolute atomic E-state index is 5.76. The van der Waals surface area contributed by atoms with Crippen LogP contribution >= 0.6 is 0 Å². The Bertz CT molecular complexity index is 621. The highest BCUT2D eigenvalue weighted by atomic mass is 16.7. The largest absolute Gasteiger partial charge is 0.481 e. The van der Waals surface area contributed by atoms with Crippen molar-refractivity contribution >= 4 is 0 Å². The Morgan fingerprint density at radius 3 is 2.27 bits per heavy atom. The van der Waals surface area contributed by atoms with Crippen LogP contribution in [0, 0.1) is 0 Å². The fraction of sp³-hybridized carbons (Fsp3) is 0.333. The molecule has 22 heavy (non-hydrogen) atoms. The van der Waals surface area contributed by atoms with E-state index in [1.54, 1.807) is 12.1 Å². The quantitative estimate of drug-likeness (QED) is 0.839. The number of ether oxygens (including phenoxy) is 5. The minimum Gasteiger partial charge on any atom is -0.481 e. The lowest BCUT2D eigenvalue weighted by Crippen LogP contribution is -2.03. The van der Waals surface area contributed by atoms with Gasteiger partial charge in [0, 0.05) is 0 Å². The number of hydrogen-bond donors (Lipinski definition) is 0. The fourth-order valence-electron chi connectivity index (χ4n) is 2.04. The molecule has 116 valence electrons. The molecule has 0 N–H and O–H groups in total. The molecule has 1 aromatic carbocycles. The van der Waals surface area contributed by atoms with Gasteiger partial charge in [-0.3, -0.25) is 0 Å². The molecule has 1 aromatic heterocycles. The first-order chi connectivity index (χ1) is 10.8. The highest BCUT2D eigenvalue weighted by Crippen LogP contribution is 2.33. The summed E-state index contributed by atoms with van der Waals surface area (Å²) in [4.78, 5) is 8.29. The number of para-hydroxylation sites is 1. The molecule has 2 aromatic rings. The van der Waals surface area contributed by atoms with E-state index in [2.05, 4.69) is 9.97 Å². The molecule has 0 spiro atoms. The molecular formula is C15H16N2O5. The number of rotatable bonds is 5. The third-order valence-corrected chi connectivity index (χ3v) is 3.07. The lowest BCUT2D eigenvalue weighted by Gasteiger charge is -2.14. The average Bonchev–Trinajstić information content (AvgIpc) is 3.09. The zero-order valence-corrected chi connectivity index (χ0v) is 12.3. The van der Waals surface area contributed by atoms with Gasteiger partial charge in [-0.2, -0.15) is 9.97 Å². The normalized spacial score (nSPS) is 14.8. The molecule has 0 radical (unpaired) electrons. The Morgan fingerprint density at radius 1 is 1.00 bits per heavy atom. The molecule has 3 rings (SSSR count). The molecule has 0 aliphatic carbocycles. The predicted molar refractivity (Wildman–Crippen MR) is 76.3 cm³/mol. The Labute approximate surface area is 127 Å². The molecular weight excluding hydrogens is 288 g/mol. The standard InChI is InChI=1S/C15H16N2O5/c1-18-12-9-13(19-2)17-15(16-12)22-11-6-4-3-5-10(11)14-20-7-8-21-14/h3-6,9,14H,7-8H2,1-2H3. The van der Waals surface area contributed by atoms with Crippen LogP contribution in [0.2, 0.25) is 0 Å². The van der Waals surface area contributed by atoms with Crippen LogP contribution in [0.15, 0.2) is 30.3 Å². The summed E-state index contributed by atoms with van der Waals surface area (Å²) in [5, 5.41) is 0. The summed E-state index contributed by atoms with van der Waals surface area (Å²) in [5.41, 5.74) is 0.783. The summed E-state index contributed by atoms with van der Waals surface area (Å²) in [5.74, 6) is 1.27. The maximum atomic E-state index is 5.76. The number of nitrogens with zero attached hydrogens (tertiary/aromatic N) is 2. The molecule has 1 fully saturated rings. The lowest BCUT2D eigenvalue weighted by molar-refractivity contribution is -0.0453. The van der Waals surface area contributed by atoms with E-state index in [0.29, 0.717) is 30.7 Å². The van der Waals surface area contributed by atoms with Gasteiger partial charge < -0.3 is 23.7 Å². The first-order valence-corrected chi connectivity index (χ1v) is 6.77. The monoisotopic (exact) mass is 304 g/mol. The molecule has 1 aliphatic heterocycles. The van der Waals surface area contributed by atoms with E-state index in [0.717, 1.165) is 5.56 Å². The minimum absolute atomic E-state index is 0.127. The van der Waals surface area contributed by atoms with E-state index < -0.39 is 6.29 Å². The van der Waals surface area contributed by atoms with Crippen molar-refractivity contribution in [2.45, 2.75) is 6.29 Å². The second-order valence-electron chi connectivity index (χ2n) is 4.45. The SMILES string of the molecule is COc1cc(OC)nc(Oc2ccccc2C2OCCO2)n1. The smallest absolute Gasteiger partial charge is 0.328 e. The molecule has 0 unspecified atom stereocenters. The molecule has 1 aliphatic rings.